The first kappa shape index (κ1) is 16.0. The van der Waals surface area contributed by atoms with Gasteiger partial charge in [-0.25, -0.2) is 0 Å². The number of carboxylic acid groups (broad SMARTS) is 2. The molecule has 1 aliphatic rings. The summed E-state index contributed by atoms with van der Waals surface area (Å²) in [6.45, 7) is 5.77. The van der Waals surface area contributed by atoms with E-state index in [-0.39, 0.29) is 11.3 Å². The summed E-state index contributed by atoms with van der Waals surface area (Å²) in [5.74, 6) is -3.51. The van der Waals surface area contributed by atoms with Gasteiger partial charge in [0.05, 0.1) is 0 Å². The van der Waals surface area contributed by atoms with Gasteiger partial charge in [-0.05, 0) is 23.7 Å². The van der Waals surface area contributed by atoms with E-state index >= 15 is 0 Å². The molecule has 0 aromatic heterocycles. The third-order valence-electron chi connectivity index (χ3n) is 4.80. The predicted molar refractivity (Wildman–Crippen MR) is 72.9 cm³/mol. The molecule has 0 amide bonds. The first-order valence-electron chi connectivity index (χ1n) is 7.21. The Labute approximate surface area is 115 Å². The minimum Gasteiger partial charge on any atom is -0.481 e. The van der Waals surface area contributed by atoms with E-state index in [2.05, 4.69) is 0 Å². The van der Waals surface area contributed by atoms with Crippen LogP contribution >= 0.6 is 0 Å². The van der Waals surface area contributed by atoms with Crippen molar-refractivity contribution in [1.29, 1.82) is 0 Å². The third kappa shape index (κ3) is 4.22. The van der Waals surface area contributed by atoms with Crippen LogP contribution in [0.3, 0.4) is 0 Å². The summed E-state index contributed by atoms with van der Waals surface area (Å²) in [5.41, 5.74) is -0.260. The zero-order valence-corrected chi connectivity index (χ0v) is 12.2. The molecule has 4 heteroatoms. The van der Waals surface area contributed by atoms with Crippen LogP contribution in [-0.2, 0) is 9.59 Å². The van der Waals surface area contributed by atoms with Gasteiger partial charge >= 0.3 is 11.9 Å². The molecule has 0 heterocycles. The van der Waals surface area contributed by atoms with Crippen molar-refractivity contribution in [1.82, 2.24) is 0 Å². The highest BCUT2D eigenvalue weighted by Crippen LogP contribution is 2.42. The van der Waals surface area contributed by atoms with E-state index in [1.54, 1.807) is 6.92 Å². The summed E-state index contributed by atoms with van der Waals surface area (Å²) in [6, 6.07) is 0. The van der Waals surface area contributed by atoms with Crippen LogP contribution in [0.4, 0.5) is 0 Å². The molecule has 0 saturated heterocycles. The van der Waals surface area contributed by atoms with Crippen LogP contribution < -0.4 is 0 Å². The molecule has 1 saturated carbocycles. The van der Waals surface area contributed by atoms with Crippen LogP contribution in [0.5, 0.6) is 0 Å². The lowest BCUT2D eigenvalue weighted by Crippen LogP contribution is -2.39. The zero-order chi connectivity index (χ0) is 14.6. The van der Waals surface area contributed by atoms with Gasteiger partial charge in [0.1, 0.15) is 0 Å². The van der Waals surface area contributed by atoms with Crippen molar-refractivity contribution in [2.24, 2.45) is 23.2 Å². The van der Waals surface area contributed by atoms with Crippen molar-refractivity contribution in [2.75, 3.05) is 0 Å². The van der Waals surface area contributed by atoms with E-state index in [1.807, 2.05) is 13.8 Å². The van der Waals surface area contributed by atoms with Crippen LogP contribution in [0.15, 0.2) is 0 Å². The summed E-state index contributed by atoms with van der Waals surface area (Å²) in [4.78, 5) is 22.3. The Hall–Kier alpha value is -1.06. The van der Waals surface area contributed by atoms with Crippen molar-refractivity contribution in [2.45, 2.75) is 59.3 Å². The van der Waals surface area contributed by atoms with Crippen molar-refractivity contribution in [3.63, 3.8) is 0 Å². The van der Waals surface area contributed by atoms with E-state index in [1.165, 1.54) is 32.1 Å². The summed E-state index contributed by atoms with van der Waals surface area (Å²) < 4.78 is 0. The van der Waals surface area contributed by atoms with Gasteiger partial charge in [-0.15, -0.1) is 0 Å². The maximum absolute atomic E-state index is 11.1. The SMILES string of the molecule is CC(C(C(=O)O)C(=O)O)C(C)(C)CC1CCCCC1. The molecule has 19 heavy (non-hydrogen) atoms. The van der Waals surface area contributed by atoms with Crippen LogP contribution in [0, 0.1) is 23.2 Å². The maximum atomic E-state index is 11.1. The summed E-state index contributed by atoms with van der Waals surface area (Å²) in [7, 11) is 0. The fourth-order valence-corrected chi connectivity index (χ4v) is 3.31. The Morgan fingerprint density at radius 3 is 2.00 bits per heavy atom. The number of hydrogen-bond acceptors (Lipinski definition) is 2. The van der Waals surface area contributed by atoms with Crippen molar-refractivity contribution < 1.29 is 19.8 Å². The minimum absolute atomic E-state index is 0.260. The Bertz CT molecular complexity index is 315. The molecular formula is C15H26O4. The molecule has 2 N–H and O–H groups in total. The van der Waals surface area contributed by atoms with Gasteiger partial charge < -0.3 is 10.2 Å². The monoisotopic (exact) mass is 270 g/mol. The summed E-state index contributed by atoms with van der Waals surface area (Å²) in [5, 5.41) is 18.2. The minimum atomic E-state index is -1.31. The molecule has 0 aromatic rings. The lowest BCUT2D eigenvalue weighted by atomic mass is 9.66. The van der Waals surface area contributed by atoms with Crippen LogP contribution in [-0.4, -0.2) is 22.2 Å². The number of aliphatic carboxylic acids is 2. The topological polar surface area (TPSA) is 74.6 Å². The second-order valence-electron chi connectivity index (χ2n) is 6.64. The van der Waals surface area contributed by atoms with Crippen molar-refractivity contribution in [3.05, 3.63) is 0 Å². The van der Waals surface area contributed by atoms with Gasteiger partial charge in [-0.1, -0.05) is 52.9 Å². The van der Waals surface area contributed by atoms with E-state index < -0.39 is 17.9 Å². The highest BCUT2D eigenvalue weighted by molar-refractivity contribution is 5.93. The Morgan fingerprint density at radius 2 is 1.58 bits per heavy atom. The number of rotatable bonds is 6. The molecule has 0 bridgehead atoms. The molecule has 110 valence electrons. The molecular weight excluding hydrogens is 244 g/mol. The smallest absolute Gasteiger partial charge is 0.318 e. The molecule has 1 atom stereocenters. The Balaban J connectivity index is 2.73. The highest BCUT2D eigenvalue weighted by Gasteiger charge is 2.41. The molecule has 4 nitrogen and oxygen atoms in total. The molecule has 1 aliphatic carbocycles. The molecule has 1 rings (SSSR count). The second-order valence-corrected chi connectivity index (χ2v) is 6.64. The number of hydrogen-bond donors (Lipinski definition) is 2. The quantitative estimate of drug-likeness (QED) is 0.725. The summed E-state index contributed by atoms with van der Waals surface area (Å²) >= 11 is 0. The van der Waals surface area contributed by atoms with Gasteiger partial charge in [0.2, 0.25) is 0 Å². The predicted octanol–water partition coefficient (Wildman–Crippen LogP) is 3.40. The maximum Gasteiger partial charge on any atom is 0.318 e. The highest BCUT2D eigenvalue weighted by atomic mass is 16.4. The molecule has 0 spiro atoms. The van der Waals surface area contributed by atoms with Crippen LogP contribution in [0.2, 0.25) is 0 Å². The Morgan fingerprint density at radius 1 is 1.11 bits per heavy atom. The molecule has 1 unspecified atom stereocenters. The lowest BCUT2D eigenvalue weighted by molar-refractivity contribution is -0.159. The van der Waals surface area contributed by atoms with Gasteiger partial charge in [0.15, 0.2) is 5.92 Å². The standard InChI is InChI=1S/C15H26O4/c1-10(12(13(16)17)14(18)19)15(2,3)9-11-7-5-4-6-8-11/h10-12H,4-9H2,1-3H3,(H,16,17)(H,18,19). The molecule has 0 radical (unpaired) electrons. The molecule has 0 aromatic carbocycles. The van der Waals surface area contributed by atoms with Gasteiger partial charge in [-0.2, -0.15) is 0 Å². The van der Waals surface area contributed by atoms with Gasteiger partial charge in [0, 0.05) is 0 Å². The van der Waals surface area contributed by atoms with E-state index in [0.717, 1.165) is 6.42 Å². The number of carbonyl (C=O) groups is 2. The fraction of sp³-hybridized carbons (Fsp3) is 0.867. The Kier molecular flexibility index (Phi) is 5.39. The van der Waals surface area contributed by atoms with E-state index in [9.17, 15) is 9.59 Å². The second kappa shape index (κ2) is 6.40. The van der Waals surface area contributed by atoms with Gasteiger partial charge in [-0.3, -0.25) is 9.59 Å². The van der Waals surface area contributed by atoms with Crippen LogP contribution in [0.25, 0.3) is 0 Å². The fourth-order valence-electron chi connectivity index (χ4n) is 3.31. The van der Waals surface area contributed by atoms with E-state index in [4.69, 9.17) is 10.2 Å². The third-order valence-corrected chi connectivity index (χ3v) is 4.80. The summed E-state index contributed by atoms with van der Waals surface area (Å²) in [6.07, 6.45) is 7.10. The first-order valence-corrected chi connectivity index (χ1v) is 7.21. The largest absolute Gasteiger partial charge is 0.481 e. The average Bonchev–Trinajstić information content (AvgIpc) is 2.28. The lowest BCUT2D eigenvalue weighted by Gasteiger charge is -2.38. The van der Waals surface area contributed by atoms with Crippen LogP contribution in [0.1, 0.15) is 59.3 Å². The number of carboxylic acids is 2. The zero-order valence-electron chi connectivity index (χ0n) is 12.2. The van der Waals surface area contributed by atoms with Crippen molar-refractivity contribution in [3.8, 4) is 0 Å². The first-order chi connectivity index (χ1) is 8.75. The molecule has 0 aliphatic heterocycles. The van der Waals surface area contributed by atoms with E-state index in [0.29, 0.717) is 5.92 Å². The normalized spacial score (nSPS) is 19.4. The average molecular weight is 270 g/mol. The molecule has 1 fully saturated rings. The van der Waals surface area contributed by atoms with Crippen molar-refractivity contribution >= 4 is 11.9 Å². The van der Waals surface area contributed by atoms with Gasteiger partial charge in [0.25, 0.3) is 0 Å².